The van der Waals surface area contributed by atoms with Gasteiger partial charge in [-0.2, -0.15) is 4.31 Å². The fourth-order valence-electron chi connectivity index (χ4n) is 3.57. The van der Waals surface area contributed by atoms with Gasteiger partial charge in [0.25, 0.3) is 0 Å². The smallest absolute Gasteiger partial charge is 0.220 e. The molecule has 1 N–H and O–H groups in total. The molecule has 1 fully saturated rings. The van der Waals surface area contributed by atoms with E-state index in [1.165, 1.54) is 21.7 Å². The van der Waals surface area contributed by atoms with Crippen LogP contribution in [0.25, 0.3) is 0 Å². The Balaban J connectivity index is 1.56. The highest BCUT2D eigenvalue weighted by Crippen LogP contribution is 2.23. The van der Waals surface area contributed by atoms with E-state index in [-0.39, 0.29) is 11.2 Å². The molecule has 0 radical (unpaired) electrons. The van der Waals surface area contributed by atoms with E-state index in [9.17, 15) is 8.42 Å². The first-order chi connectivity index (χ1) is 14.2. The lowest BCUT2D eigenvalue weighted by Crippen LogP contribution is -2.55. The molecule has 1 aromatic heterocycles. The molecule has 0 spiro atoms. The quantitative estimate of drug-likeness (QED) is 0.553. The van der Waals surface area contributed by atoms with Crippen molar-refractivity contribution in [2.75, 3.05) is 39.8 Å². The summed E-state index contributed by atoms with van der Waals surface area (Å²) < 4.78 is 31.5. The van der Waals surface area contributed by atoms with E-state index in [0.717, 1.165) is 12.5 Å². The van der Waals surface area contributed by atoms with Gasteiger partial charge in [-0.25, -0.2) is 8.42 Å². The summed E-state index contributed by atoms with van der Waals surface area (Å²) in [6, 6.07) is 10.1. The van der Waals surface area contributed by atoms with E-state index in [0.29, 0.717) is 31.9 Å². The third-order valence-corrected chi connectivity index (χ3v) is 7.27. The highest BCUT2D eigenvalue weighted by atomic mass is 32.2. The van der Waals surface area contributed by atoms with Crippen molar-refractivity contribution in [1.29, 1.82) is 0 Å². The molecule has 30 heavy (non-hydrogen) atoms. The molecule has 0 atom stereocenters. The number of guanidine groups is 1. The average molecular weight is 434 g/mol. The fraction of sp³-hybridized carbons (Fsp3) is 0.524. The van der Waals surface area contributed by atoms with Crippen LogP contribution in [0, 0.1) is 6.92 Å². The summed E-state index contributed by atoms with van der Waals surface area (Å²) in [5.74, 6) is 0.658. The number of aromatic nitrogens is 1. The Kier molecular flexibility index (Phi) is 6.82. The Bertz CT molecular complexity index is 962. The van der Waals surface area contributed by atoms with Crippen molar-refractivity contribution in [2.24, 2.45) is 4.99 Å². The third kappa shape index (κ3) is 5.40. The summed E-state index contributed by atoms with van der Waals surface area (Å²) in [6.07, 6.45) is 1.39. The molecule has 164 valence electrons. The van der Waals surface area contributed by atoms with Gasteiger partial charge in [-0.15, -0.1) is 0 Å². The van der Waals surface area contributed by atoms with Gasteiger partial charge < -0.3 is 14.7 Å². The maximum absolute atomic E-state index is 12.6. The van der Waals surface area contributed by atoms with Crippen molar-refractivity contribution in [3.8, 4) is 0 Å². The van der Waals surface area contributed by atoms with Gasteiger partial charge in [-0.1, -0.05) is 48.8 Å². The predicted octanol–water partition coefficient (Wildman–Crippen LogP) is 1.98. The molecule has 1 aliphatic heterocycles. The lowest BCUT2D eigenvalue weighted by molar-refractivity contribution is 0.258. The number of hydrogen-bond acceptors (Lipinski definition) is 5. The number of sulfonamides is 1. The second-order valence-corrected chi connectivity index (χ2v) is 10.3. The zero-order chi connectivity index (χ0) is 21.8. The molecule has 0 aliphatic carbocycles. The molecule has 2 aromatic rings. The van der Waals surface area contributed by atoms with Crippen LogP contribution in [0.3, 0.4) is 0 Å². The zero-order valence-corrected chi connectivity index (χ0v) is 18.9. The molecule has 1 aromatic carbocycles. The monoisotopic (exact) mass is 433 g/mol. The van der Waals surface area contributed by atoms with Gasteiger partial charge in [0.1, 0.15) is 12.0 Å². The number of hydrogen-bond donors (Lipinski definition) is 1. The van der Waals surface area contributed by atoms with E-state index >= 15 is 0 Å². The van der Waals surface area contributed by atoms with Gasteiger partial charge in [0.05, 0.1) is 5.69 Å². The molecule has 3 rings (SSSR count). The Morgan fingerprint density at radius 1 is 1.23 bits per heavy atom. The molecule has 0 unspecified atom stereocenters. The van der Waals surface area contributed by atoms with Crippen molar-refractivity contribution in [2.45, 2.75) is 31.9 Å². The highest BCUT2D eigenvalue weighted by Gasteiger charge is 2.29. The average Bonchev–Trinajstić information content (AvgIpc) is 3.21. The van der Waals surface area contributed by atoms with Crippen LogP contribution in [-0.4, -0.2) is 68.5 Å². The highest BCUT2D eigenvalue weighted by molar-refractivity contribution is 7.88. The molecule has 2 heterocycles. The van der Waals surface area contributed by atoms with Crippen LogP contribution in [0.4, 0.5) is 0 Å². The Hall–Kier alpha value is -2.39. The Labute approximate surface area is 179 Å². The van der Waals surface area contributed by atoms with Crippen LogP contribution in [0.2, 0.25) is 0 Å². The number of rotatable bonds is 6. The number of benzene rings is 1. The minimum atomic E-state index is -3.41. The number of nitrogens with zero attached hydrogens (tertiary/aromatic N) is 4. The largest absolute Gasteiger partial charge is 0.364 e. The van der Waals surface area contributed by atoms with Crippen LogP contribution >= 0.6 is 0 Å². The second kappa shape index (κ2) is 9.18. The molecule has 1 aliphatic rings. The maximum atomic E-state index is 12.6. The first-order valence-electron chi connectivity index (χ1n) is 10.1. The molecule has 0 saturated carbocycles. The van der Waals surface area contributed by atoms with Crippen LogP contribution in [0.15, 0.2) is 46.1 Å². The number of nitrogens with one attached hydrogen (secondary N) is 1. The predicted molar refractivity (Wildman–Crippen MR) is 118 cm³/mol. The lowest BCUT2D eigenvalue weighted by Gasteiger charge is -2.37. The summed E-state index contributed by atoms with van der Waals surface area (Å²) >= 11 is 0. The van der Waals surface area contributed by atoms with Crippen molar-refractivity contribution in [3.63, 3.8) is 0 Å². The van der Waals surface area contributed by atoms with E-state index in [2.05, 4.69) is 65.4 Å². The van der Waals surface area contributed by atoms with Gasteiger partial charge in [0.2, 0.25) is 10.0 Å². The molecule has 1 saturated heterocycles. The van der Waals surface area contributed by atoms with Crippen molar-refractivity contribution in [1.82, 2.24) is 19.7 Å². The summed E-state index contributed by atoms with van der Waals surface area (Å²) in [7, 11) is -1.65. The van der Waals surface area contributed by atoms with E-state index < -0.39 is 10.0 Å². The first-order valence-corrected chi connectivity index (χ1v) is 11.7. The van der Waals surface area contributed by atoms with Crippen LogP contribution < -0.4 is 5.32 Å². The normalized spacial score (nSPS) is 16.7. The summed E-state index contributed by atoms with van der Waals surface area (Å²) in [6.45, 7) is 9.25. The fourth-order valence-corrected chi connectivity index (χ4v) is 4.99. The summed E-state index contributed by atoms with van der Waals surface area (Å²) in [5, 5.41) is 7.18. The van der Waals surface area contributed by atoms with Gasteiger partial charge in [-0.05, 0) is 12.5 Å². The van der Waals surface area contributed by atoms with Crippen molar-refractivity contribution >= 4 is 16.0 Å². The molecule has 9 heteroatoms. The Morgan fingerprint density at radius 3 is 2.57 bits per heavy atom. The standard InChI is InChI=1S/C21H31N5O3S/c1-17-6-5-7-18(14-17)21(2,3)16-23-20(22-4)25-9-11-26(12-10-25)30(27,28)15-19-8-13-29-24-19/h5-8,13-14H,9-12,15-16H2,1-4H3,(H,22,23). The van der Waals surface area contributed by atoms with Gasteiger partial charge in [0.15, 0.2) is 5.96 Å². The lowest BCUT2D eigenvalue weighted by atomic mass is 9.84. The number of aryl methyl sites for hydroxylation is 1. The molecule has 0 bridgehead atoms. The van der Waals surface area contributed by atoms with Crippen LogP contribution in [0.1, 0.15) is 30.7 Å². The number of aliphatic imine (C=N–C) groups is 1. The summed E-state index contributed by atoms with van der Waals surface area (Å²) in [4.78, 5) is 6.52. The SMILES string of the molecule is CN=C(NCC(C)(C)c1cccc(C)c1)N1CCN(S(=O)(=O)Cc2ccon2)CC1. The number of piperazine rings is 1. The second-order valence-electron chi connectivity index (χ2n) is 8.29. The zero-order valence-electron chi connectivity index (χ0n) is 18.1. The van der Waals surface area contributed by atoms with Gasteiger partial charge in [-0.3, -0.25) is 4.99 Å². The first kappa shape index (κ1) is 22.3. The van der Waals surface area contributed by atoms with E-state index in [4.69, 9.17) is 4.52 Å². The topological polar surface area (TPSA) is 91.0 Å². The van der Waals surface area contributed by atoms with E-state index in [1.54, 1.807) is 13.1 Å². The molecular weight excluding hydrogens is 402 g/mol. The van der Waals surface area contributed by atoms with Gasteiger partial charge in [0, 0.05) is 51.3 Å². The van der Waals surface area contributed by atoms with Gasteiger partial charge >= 0.3 is 0 Å². The van der Waals surface area contributed by atoms with Crippen molar-refractivity contribution < 1.29 is 12.9 Å². The molecular formula is C21H31N5O3S. The summed E-state index contributed by atoms with van der Waals surface area (Å²) in [5.41, 5.74) is 2.88. The van der Waals surface area contributed by atoms with Crippen LogP contribution in [0.5, 0.6) is 0 Å². The minimum Gasteiger partial charge on any atom is -0.364 e. The molecule has 0 amide bonds. The van der Waals surface area contributed by atoms with E-state index in [1.807, 2.05) is 0 Å². The minimum absolute atomic E-state index is 0.0648. The Morgan fingerprint density at radius 2 is 1.97 bits per heavy atom. The maximum Gasteiger partial charge on any atom is 0.220 e. The van der Waals surface area contributed by atoms with Crippen LogP contribution in [-0.2, 0) is 21.2 Å². The van der Waals surface area contributed by atoms with Crippen molar-refractivity contribution in [3.05, 3.63) is 53.4 Å². The third-order valence-electron chi connectivity index (χ3n) is 5.45. The molecule has 8 nitrogen and oxygen atoms in total.